The Bertz CT molecular complexity index is 1700. The van der Waals surface area contributed by atoms with E-state index in [0.717, 1.165) is 10.5 Å². The Hall–Kier alpha value is -4.31. The van der Waals surface area contributed by atoms with Crippen molar-refractivity contribution < 1.29 is 37.0 Å². The molecule has 2 fully saturated rings. The molecule has 3 aromatic carbocycles. The van der Waals surface area contributed by atoms with Crippen LogP contribution >= 0.6 is 24.0 Å². The number of alkyl halides is 3. The van der Waals surface area contributed by atoms with E-state index in [0.29, 0.717) is 23.1 Å². The number of nitriles is 1. The number of carbonyl (C=O) groups is 3. The maximum Gasteiger partial charge on any atom is 0.573 e. The van der Waals surface area contributed by atoms with Crippen LogP contribution in [0.1, 0.15) is 42.9 Å². The maximum absolute atomic E-state index is 13.3. The molecule has 0 aliphatic carbocycles. The minimum absolute atomic E-state index is 0. The Labute approximate surface area is 280 Å². The Morgan fingerprint density at radius 3 is 2.47 bits per heavy atom. The van der Waals surface area contributed by atoms with Gasteiger partial charge >= 0.3 is 12.5 Å². The van der Waals surface area contributed by atoms with Crippen LogP contribution in [-0.4, -0.2) is 65.3 Å². The number of rotatable bonds is 8. The minimum Gasteiger partial charge on any atom is -0.433 e. The number of amides is 3. The Morgan fingerprint density at radius 2 is 1.85 bits per heavy atom. The van der Waals surface area contributed by atoms with E-state index in [2.05, 4.69) is 10.1 Å². The number of piperidine rings is 1. The highest BCUT2D eigenvalue weighted by Crippen LogP contribution is 2.35. The first-order chi connectivity index (χ1) is 21.8. The molecule has 2 saturated heterocycles. The summed E-state index contributed by atoms with van der Waals surface area (Å²) < 4.78 is 49.5. The first-order valence-electron chi connectivity index (χ1n) is 14.5. The summed E-state index contributed by atoms with van der Waals surface area (Å²) in [5, 5.41) is 12.8. The SMILES string of the molecule is CC1(C)OC(=O)N(CC(=O)N2CC[C@H](NCc3cc(-c4ccc(C#N)cc4Cl)ccc3OC(F)(F)F)[C@H](c3ccccc3)C2)C1=O.Cl. The molecule has 248 valence electrons. The van der Waals surface area contributed by atoms with E-state index in [1.54, 1.807) is 23.1 Å². The molecule has 2 aliphatic heterocycles. The second-order valence-corrected chi connectivity index (χ2v) is 12.0. The summed E-state index contributed by atoms with van der Waals surface area (Å²) in [6.45, 7) is 2.99. The van der Waals surface area contributed by atoms with Crippen LogP contribution in [-0.2, 0) is 20.9 Å². The number of hydrogen-bond acceptors (Lipinski definition) is 7. The van der Waals surface area contributed by atoms with E-state index in [9.17, 15) is 27.6 Å². The number of hydrogen-bond donors (Lipinski definition) is 1. The van der Waals surface area contributed by atoms with Crippen molar-refractivity contribution in [2.45, 2.75) is 50.7 Å². The molecule has 0 radical (unpaired) electrons. The quantitative estimate of drug-likeness (QED) is 0.290. The molecule has 0 bridgehead atoms. The van der Waals surface area contributed by atoms with Gasteiger partial charge in [-0.2, -0.15) is 5.26 Å². The molecule has 3 aromatic rings. The molecule has 5 rings (SSSR count). The van der Waals surface area contributed by atoms with Crippen molar-refractivity contribution in [3.63, 3.8) is 0 Å². The van der Waals surface area contributed by atoms with E-state index in [4.69, 9.17) is 21.6 Å². The molecule has 0 aromatic heterocycles. The molecule has 2 atom stereocenters. The number of carbonyl (C=O) groups excluding carboxylic acids is 3. The highest BCUT2D eigenvalue weighted by Gasteiger charge is 2.48. The Kier molecular flexibility index (Phi) is 10.7. The van der Waals surface area contributed by atoms with Gasteiger partial charge in [0.05, 0.1) is 11.6 Å². The molecule has 0 spiro atoms. The molecule has 3 amide bonds. The number of nitrogens with one attached hydrogen (secondary N) is 1. The molecular formula is C33H31Cl2F3N4O5. The van der Waals surface area contributed by atoms with E-state index in [1.807, 2.05) is 36.4 Å². The number of likely N-dealkylation sites (tertiary alicyclic amines) is 1. The zero-order chi connectivity index (χ0) is 33.2. The minimum atomic E-state index is -4.92. The van der Waals surface area contributed by atoms with Gasteiger partial charge < -0.3 is 19.7 Å². The van der Waals surface area contributed by atoms with E-state index < -0.39 is 36.4 Å². The van der Waals surface area contributed by atoms with Crippen LogP contribution in [0.2, 0.25) is 5.02 Å². The van der Waals surface area contributed by atoms with Gasteiger partial charge in [-0.15, -0.1) is 25.6 Å². The van der Waals surface area contributed by atoms with Crippen LogP contribution in [0.15, 0.2) is 66.7 Å². The molecule has 0 saturated carbocycles. The van der Waals surface area contributed by atoms with Crippen molar-refractivity contribution in [2.75, 3.05) is 19.6 Å². The summed E-state index contributed by atoms with van der Waals surface area (Å²) in [7, 11) is 0. The van der Waals surface area contributed by atoms with Gasteiger partial charge in [-0.1, -0.05) is 54.1 Å². The topological polar surface area (TPSA) is 112 Å². The fraction of sp³-hybridized carbons (Fsp3) is 0.333. The van der Waals surface area contributed by atoms with Gasteiger partial charge in [0, 0.05) is 47.7 Å². The van der Waals surface area contributed by atoms with Crippen molar-refractivity contribution in [3.8, 4) is 22.9 Å². The Balaban J connectivity index is 0.00000500. The van der Waals surface area contributed by atoms with Crippen LogP contribution in [0.4, 0.5) is 18.0 Å². The van der Waals surface area contributed by atoms with Gasteiger partial charge in [-0.3, -0.25) is 9.59 Å². The lowest BCUT2D eigenvalue weighted by molar-refractivity contribution is -0.274. The molecule has 47 heavy (non-hydrogen) atoms. The Morgan fingerprint density at radius 1 is 1.13 bits per heavy atom. The molecule has 1 N–H and O–H groups in total. The number of imide groups is 1. The molecule has 9 nitrogen and oxygen atoms in total. The number of ether oxygens (including phenoxy) is 2. The first-order valence-corrected chi connectivity index (χ1v) is 14.8. The van der Waals surface area contributed by atoms with Crippen LogP contribution in [0.5, 0.6) is 5.75 Å². The van der Waals surface area contributed by atoms with Crippen LogP contribution in [0.3, 0.4) is 0 Å². The third-order valence-corrected chi connectivity index (χ3v) is 8.37. The van der Waals surface area contributed by atoms with Gasteiger partial charge in [0.15, 0.2) is 5.60 Å². The number of benzene rings is 3. The highest BCUT2D eigenvalue weighted by molar-refractivity contribution is 6.33. The first kappa shape index (κ1) is 35.5. The van der Waals surface area contributed by atoms with Crippen LogP contribution in [0, 0.1) is 11.3 Å². The molecule has 2 aliphatic rings. The molecular weight excluding hydrogens is 660 g/mol. The van der Waals surface area contributed by atoms with E-state index >= 15 is 0 Å². The van der Waals surface area contributed by atoms with E-state index in [1.165, 1.54) is 32.0 Å². The third kappa shape index (κ3) is 8.16. The summed E-state index contributed by atoms with van der Waals surface area (Å²) in [5.41, 5.74) is 1.21. The van der Waals surface area contributed by atoms with Crippen molar-refractivity contribution in [1.82, 2.24) is 15.1 Å². The highest BCUT2D eigenvalue weighted by atomic mass is 35.5. The summed E-state index contributed by atoms with van der Waals surface area (Å²) in [6.07, 6.45) is -5.36. The number of cyclic esters (lactones) is 1. The summed E-state index contributed by atoms with van der Waals surface area (Å²) in [4.78, 5) is 40.5. The average Bonchev–Trinajstić information content (AvgIpc) is 3.21. The van der Waals surface area contributed by atoms with Gasteiger partial charge in [0.1, 0.15) is 12.3 Å². The lowest BCUT2D eigenvalue weighted by atomic mass is 9.85. The second-order valence-electron chi connectivity index (χ2n) is 11.6. The standard InChI is InChI=1S/C33H30ClF3N4O5.ClH/c1-32(2)30(43)41(31(44)46-32)19-29(42)40-13-12-27(25(18-40)21-6-4-3-5-7-21)39-17-23-15-22(9-11-28(23)45-33(35,36)37)24-10-8-20(16-38)14-26(24)34;/h3-11,14-15,25,27,39H,12-13,17-19H2,1-2H3;1H/t25-,27-;/m0./s1. The van der Waals surface area contributed by atoms with Crippen molar-refractivity contribution in [3.05, 3.63) is 88.4 Å². The summed E-state index contributed by atoms with van der Waals surface area (Å²) >= 11 is 6.39. The monoisotopic (exact) mass is 690 g/mol. The zero-order valence-electron chi connectivity index (χ0n) is 25.3. The summed E-state index contributed by atoms with van der Waals surface area (Å²) in [5.74, 6) is -1.65. The smallest absolute Gasteiger partial charge is 0.433 e. The van der Waals surface area contributed by atoms with Crippen LogP contribution in [0.25, 0.3) is 11.1 Å². The largest absolute Gasteiger partial charge is 0.573 e. The molecule has 2 heterocycles. The van der Waals surface area contributed by atoms with Gasteiger partial charge in [-0.25, -0.2) is 9.69 Å². The van der Waals surface area contributed by atoms with E-state index in [-0.39, 0.29) is 60.3 Å². The van der Waals surface area contributed by atoms with Gasteiger partial charge in [0.2, 0.25) is 5.91 Å². The number of halogens is 5. The third-order valence-electron chi connectivity index (χ3n) is 8.06. The van der Waals surface area contributed by atoms with Crippen molar-refractivity contribution in [1.29, 1.82) is 5.26 Å². The fourth-order valence-corrected chi connectivity index (χ4v) is 6.02. The average molecular weight is 692 g/mol. The zero-order valence-corrected chi connectivity index (χ0v) is 26.9. The molecule has 0 unspecified atom stereocenters. The predicted molar refractivity (Wildman–Crippen MR) is 169 cm³/mol. The van der Waals surface area contributed by atoms with Gasteiger partial charge in [-0.05, 0) is 55.7 Å². The lowest BCUT2D eigenvalue weighted by Crippen LogP contribution is -2.52. The normalized spacial score (nSPS) is 19.1. The maximum atomic E-state index is 13.3. The van der Waals surface area contributed by atoms with Crippen molar-refractivity contribution >= 4 is 41.9 Å². The predicted octanol–water partition coefficient (Wildman–Crippen LogP) is 6.43. The van der Waals surface area contributed by atoms with Crippen LogP contribution < -0.4 is 10.1 Å². The molecule has 14 heteroatoms. The number of nitrogens with zero attached hydrogens (tertiary/aromatic N) is 3. The lowest BCUT2D eigenvalue weighted by Gasteiger charge is -2.40. The van der Waals surface area contributed by atoms with Crippen molar-refractivity contribution in [2.24, 2.45) is 0 Å². The fourth-order valence-electron chi connectivity index (χ4n) is 5.73. The van der Waals surface area contributed by atoms with Gasteiger partial charge in [0.25, 0.3) is 5.91 Å². The second kappa shape index (κ2) is 14.2. The summed E-state index contributed by atoms with van der Waals surface area (Å²) in [6, 6.07) is 20.1.